The Morgan fingerprint density at radius 2 is 2.04 bits per heavy atom. The van der Waals surface area contributed by atoms with E-state index in [0.717, 1.165) is 22.5 Å². The van der Waals surface area contributed by atoms with Gasteiger partial charge in [-0.1, -0.05) is 17.7 Å². The van der Waals surface area contributed by atoms with Crippen LogP contribution in [0.5, 0.6) is 5.75 Å². The molecule has 0 amide bonds. The lowest BCUT2D eigenvalue weighted by molar-refractivity contribution is 0.413. The molecule has 25 heavy (non-hydrogen) atoms. The van der Waals surface area contributed by atoms with E-state index in [9.17, 15) is 0 Å². The number of nitrogens with zero attached hydrogens (tertiary/aromatic N) is 4. The van der Waals surface area contributed by atoms with Gasteiger partial charge in [0, 0.05) is 34.2 Å². The van der Waals surface area contributed by atoms with Crippen molar-refractivity contribution in [3.05, 3.63) is 66.2 Å². The van der Waals surface area contributed by atoms with Crippen molar-refractivity contribution in [3.63, 3.8) is 0 Å². The Morgan fingerprint density at radius 1 is 1.12 bits per heavy atom. The maximum atomic E-state index is 6.03. The van der Waals surface area contributed by atoms with Crippen LogP contribution in [0.25, 0.3) is 16.8 Å². The Balaban J connectivity index is 1.74. The smallest absolute Gasteiger partial charge is 0.165 e. The van der Waals surface area contributed by atoms with E-state index in [2.05, 4.69) is 20.4 Å². The Hall–Kier alpha value is -3.12. The Labute approximate surface area is 149 Å². The average Bonchev–Trinajstić information content (AvgIpc) is 3.05. The van der Waals surface area contributed by atoms with Crippen molar-refractivity contribution in [1.82, 2.24) is 19.6 Å². The molecule has 0 aliphatic carbocycles. The minimum Gasteiger partial charge on any atom is -0.495 e. The largest absolute Gasteiger partial charge is 0.495 e. The quantitative estimate of drug-likeness (QED) is 0.597. The molecule has 0 atom stereocenters. The van der Waals surface area contributed by atoms with Crippen LogP contribution in [0.1, 0.15) is 0 Å². The summed E-state index contributed by atoms with van der Waals surface area (Å²) in [7, 11) is 1.61. The Kier molecular flexibility index (Phi) is 3.95. The highest BCUT2D eigenvalue weighted by Gasteiger charge is 2.10. The van der Waals surface area contributed by atoms with Gasteiger partial charge in [-0.25, -0.2) is 9.50 Å². The summed E-state index contributed by atoms with van der Waals surface area (Å²) in [5.41, 5.74) is 3.36. The molecule has 3 heterocycles. The van der Waals surface area contributed by atoms with Gasteiger partial charge in [0.15, 0.2) is 5.65 Å². The van der Waals surface area contributed by atoms with Gasteiger partial charge in [0.25, 0.3) is 0 Å². The number of methoxy groups -OCH3 is 1. The van der Waals surface area contributed by atoms with Crippen LogP contribution in [0.2, 0.25) is 5.02 Å². The lowest BCUT2D eigenvalue weighted by atomic mass is 10.1. The molecule has 1 aromatic carbocycles. The summed E-state index contributed by atoms with van der Waals surface area (Å²) in [6.07, 6.45) is 7.04. The molecule has 124 valence electrons. The number of hydrogen-bond donors (Lipinski definition) is 1. The predicted octanol–water partition coefficient (Wildman–Crippen LogP) is 4.20. The lowest BCUT2D eigenvalue weighted by Gasteiger charge is -2.07. The molecule has 0 saturated heterocycles. The zero-order chi connectivity index (χ0) is 17.2. The van der Waals surface area contributed by atoms with Crippen LogP contribution < -0.4 is 10.1 Å². The minimum atomic E-state index is 0.665. The van der Waals surface area contributed by atoms with Crippen LogP contribution in [0.15, 0.2) is 61.2 Å². The topological polar surface area (TPSA) is 64.3 Å². The molecule has 0 saturated carbocycles. The molecule has 0 radical (unpaired) electrons. The van der Waals surface area contributed by atoms with Gasteiger partial charge in [-0.05, 0) is 30.3 Å². The molecule has 0 spiro atoms. The number of pyridine rings is 1. The molecule has 0 unspecified atom stereocenters. The molecule has 0 aliphatic heterocycles. The summed E-state index contributed by atoms with van der Waals surface area (Å²) in [6, 6.07) is 11.2. The number of benzene rings is 1. The fourth-order valence-electron chi connectivity index (χ4n) is 2.53. The third-order valence-corrected chi connectivity index (χ3v) is 3.96. The van der Waals surface area contributed by atoms with E-state index < -0.39 is 0 Å². The second-order valence-corrected chi connectivity index (χ2v) is 5.82. The van der Waals surface area contributed by atoms with Crippen molar-refractivity contribution < 1.29 is 4.74 Å². The maximum absolute atomic E-state index is 6.03. The number of nitrogens with one attached hydrogen (secondary N) is 1. The van der Waals surface area contributed by atoms with E-state index >= 15 is 0 Å². The summed E-state index contributed by atoms with van der Waals surface area (Å²) in [5.74, 6) is 1.39. The van der Waals surface area contributed by atoms with Crippen LogP contribution in [0, 0.1) is 0 Å². The highest BCUT2D eigenvalue weighted by Crippen LogP contribution is 2.27. The second kappa shape index (κ2) is 6.41. The summed E-state index contributed by atoms with van der Waals surface area (Å²) >= 11 is 6.03. The zero-order valence-corrected chi connectivity index (χ0v) is 14.1. The predicted molar refractivity (Wildman–Crippen MR) is 97.5 cm³/mol. The normalized spacial score (nSPS) is 10.8. The van der Waals surface area contributed by atoms with E-state index in [1.54, 1.807) is 30.2 Å². The molecule has 4 rings (SSSR count). The van der Waals surface area contributed by atoms with Gasteiger partial charge in [0.1, 0.15) is 11.6 Å². The highest BCUT2D eigenvalue weighted by atomic mass is 35.5. The maximum Gasteiger partial charge on any atom is 0.165 e. The number of aromatic nitrogens is 4. The monoisotopic (exact) mass is 351 g/mol. The van der Waals surface area contributed by atoms with Crippen LogP contribution in [-0.2, 0) is 0 Å². The first-order valence-corrected chi connectivity index (χ1v) is 7.97. The van der Waals surface area contributed by atoms with Gasteiger partial charge in [-0.2, -0.15) is 5.10 Å². The van der Waals surface area contributed by atoms with Crippen molar-refractivity contribution in [1.29, 1.82) is 0 Å². The molecule has 1 N–H and O–H groups in total. The third-order valence-electron chi connectivity index (χ3n) is 3.73. The van der Waals surface area contributed by atoms with E-state index in [4.69, 9.17) is 16.3 Å². The van der Waals surface area contributed by atoms with Crippen LogP contribution in [0.3, 0.4) is 0 Å². The zero-order valence-electron chi connectivity index (χ0n) is 13.3. The standard InChI is InChI=1S/C18H14ClN5O/c1-25-15-7-12(9-20-10-15)16-11-21-24-6-5-17(23-18(16)24)22-14-4-2-3-13(19)8-14/h2-11H,1H3,(H,22,23). The van der Waals surface area contributed by atoms with Crippen molar-refractivity contribution in [2.45, 2.75) is 0 Å². The summed E-state index contributed by atoms with van der Waals surface area (Å²) in [6.45, 7) is 0. The molecule has 0 bridgehead atoms. The summed E-state index contributed by atoms with van der Waals surface area (Å²) in [4.78, 5) is 8.87. The number of fused-ring (bicyclic) bond motifs is 1. The van der Waals surface area contributed by atoms with E-state index in [0.29, 0.717) is 16.6 Å². The molecule has 4 aromatic rings. The molecular formula is C18H14ClN5O. The summed E-state index contributed by atoms with van der Waals surface area (Å²) < 4.78 is 6.96. The van der Waals surface area contributed by atoms with Gasteiger partial charge >= 0.3 is 0 Å². The van der Waals surface area contributed by atoms with Gasteiger partial charge in [0.2, 0.25) is 0 Å². The first-order valence-electron chi connectivity index (χ1n) is 7.59. The molecule has 0 fully saturated rings. The SMILES string of the molecule is COc1cncc(-c2cnn3ccc(Nc4cccc(Cl)c4)nc23)c1. The molecule has 0 aliphatic rings. The number of halogens is 1. The van der Waals surface area contributed by atoms with Gasteiger partial charge in [-0.3, -0.25) is 4.98 Å². The first-order chi connectivity index (χ1) is 12.2. The van der Waals surface area contributed by atoms with Crippen molar-refractivity contribution in [3.8, 4) is 16.9 Å². The average molecular weight is 352 g/mol. The number of rotatable bonds is 4. The van der Waals surface area contributed by atoms with Crippen molar-refractivity contribution in [2.75, 3.05) is 12.4 Å². The van der Waals surface area contributed by atoms with Gasteiger partial charge < -0.3 is 10.1 Å². The van der Waals surface area contributed by atoms with Crippen LogP contribution >= 0.6 is 11.6 Å². The highest BCUT2D eigenvalue weighted by molar-refractivity contribution is 6.30. The van der Waals surface area contributed by atoms with Crippen LogP contribution in [0.4, 0.5) is 11.5 Å². The van der Waals surface area contributed by atoms with Crippen LogP contribution in [-0.4, -0.2) is 26.7 Å². The summed E-state index contributed by atoms with van der Waals surface area (Å²) in [5, 5.41) is 8.27. The lowest BCUT2D eigenvalue weighted by Crippen LogP contribution is -1.97. The van der Waals surface area contributed by atoms with Gasteiger partial charge in [0.05, 0.1) is 19.5 Å². The fourth-order valence-corrected chi connectivity index (χ4v) is 2.72. The number of anilines is 2. The third kappa shape index (κ3) is 3.12. The van der Waals surface area contributed by atoms with E-state index in [1.807, 2.05) is 42.6 Å². The van der Waals surface area contributed by atoms with E-state index in [1.165, 1.54) is 0 Å². The fraction of sp³-hybridized carbons (Fsp3) is 0.0556. The van der Waals surface area contributed by atoms with Gasteiger partial charge in [-0.15, -0.1) is 0 Å². The van der Waals surface area contributed by atoms with E-state index in [-0.39, 0.29) is 0 Å². The minimum absolute atomic E-state index is 0.665. The number of hydrogen-bond acceptors (Lipinski definition) is 5. The number of ether oxygens (including phenoxy) is 1. The van der Waals surface area contributed by atoms with Crippen molar-refractivity contribution in [2.24, 2.45) is 0 Å². The molecule has 6 nitrogen and oxygen atoms in total. The molecular weight excluding hydrogens is 338 g/mol. The Bertz CT molecular complexity index is 1050. The van der Waals surface area contributed by atoms with Crippen molar-refractivity contribution >= 4 is 28.8 Å². The molecule has 3 aromatic heterocycles. The Morgan fingerprint density at radius 3 is 2.88 bits per heavy atom. The second-order valence-electron chi connectivity index (χ2n) is 5.39. The molecule has 7 heteroatoms. The first kappa shape index (κ1) is 15.4.